The van der Waals surface area contributed by atoms with E-state index in [2.05, 4.69) is 10.6 Å². The summed E-state index contributed by atoms with van der Waals surface area (Å²) in [6.07, 6.45) is 0. The van der Waals surface area contributed by atoms with Crippen LogP contribution in [0, 0.1) is 5.92 Å². The predicted octanol–water partition coefficient (Wildman–Crippen LogP) is 1.35. The summed E-state index contributed by atoms with van der Waals surface area (Å²) in [7, 11) is 1.60. The number of ether oxygens (including phenoxy) is 2. The van der Waals surface area contributed by atoms with Gasteiger partial charge in [0.15, 0.2) is 0 Å². The number of benzene rings is 1. The number of hydrogen-bond acceptors (Lipinski definition) is 4. The first-order valence-electron chi connectivity index (χ1n) is 7.25. The van der Waals surface area contributed by atoms with Gasteiger partial charge in [-0.1, -0.05) is 13.8 Å². The molecule has 0 aliphatic heterocycles. The van der Waals surface area contributed by atoms with Gasteiger partial charge in [0.2, 0.25) is 11.8 Å². The molecular formula is C16H24N2O4. The van der Waals surface area contributed by atoms with E-state index in [-0.39, 0.29) is 17.7 Å². The average Bonchev–Trinajstić information content (AvgIpc) is 2.49. The molecule has 22 heavy (non-hydrogen) atoms. The smallest absolute Gasteiger partial charge is 0.242 e. The van der Waals surface area contributed by atoms with Gasteiger partial charge in [0, 0.05) is 6.92 Å². The van der Waals surface area contributed by atoms with Gasteiger partial charge in [-0.25, -0.2) is 0 Å². The van der Waals surface area contributed by atoms with Gasteiger partial charge in [-0.2, -0.15) is 0 Å². The molecule has 1 aromatic rings. The molecule has 6 nitrogen and oxygen atoms in total. The minimum atomic E-state index is -0.529. The SMILES string of the molecule is COc1ccc(OCCNC(=O)[C@@H](NC(C)=O)C(C)C)cc1. The summed E-state index contributed by atoms with van der Waals surface area (Å²) in [5.74, 6) is 1.06. The maximum absolute atomic E-state index is 12.0. The number of hydrogen-bond donors (Lipinski definition) is 2. The Hall–Kier alpha value is -2.24. The third-order valence-electron chi connectivity index (χ3n) is 3.04. The van der Waals surface area contributed by atoms with Crippen LogP contribution in [0.4, 0.5) is 0 Å². The minimum Gasteiger partial charge on any atom is -0.497 e. The van der Waals surface area contributed by atoms with Crippen molar-refractivity contribution in [3.63, 3.8) is 0 Å². The lowest BCUT2D eigenvalue weighted by Crippen LogP contribution is -2.49. The van der Waals surface area contributed by atoms with Crippen LogP contribution >= 0.6 is 0 Å². The van der Waals surface area contributed by atoms with Gasteiger partial charge in [0.05, 0.1) is 13.7 Å². The van der Waals surface area contributed by atoms with Crippen LogP contribution in [-0.2, 0) is 9.59 Å². The molecular weight excluding hydrogens is 284 g/mol. The highest BCUT2D eigenvalue weighted by Gasteiger charge is 2.22. The van der Waals surface area contributed by atoms with E-state index in [1.807, 2.05) is 13.8 Å². The molecule has 1 rings (SSSR count). The minimum absolute atomic E-state index is 0.0198. The average molecular weight is 308 g/mol. The molecule has 0 radical (unpaired) electrons. The summed E-state index contributed by atoms with van der Waals surface area (Å²) in [5, 5.41) is 5.40. The second-order valence-corrected chi connectivity index (χ2v) is 5.24. The van der Waals surface area contributed by atoms with Crippen LogP contribution in [0.2, 0.25) is 0 Å². The molecule has 0 fully saturated rings. The van der Waals surface area contributed by atoms with Crippen molar-refractivity contribution in [1.82, 2.24) is 10.6 Å². The van der Waals surface area contributed by atoms with E-state index in [0.29, 0.717) is 18.9 Å². The van der Waals surface area contributed by atoms with E-state index < -0.39 is 6.04 Å². The zero-order chi connectivity index (χ0) is 16.5. The number of methoxy groups -OCH3 is 1. The molecule has 1 atom stereocenters. The van der Waals surface area contributed by atoms with Crippen molar-refractivity contribution in [2.24, 2.45) is 5.92 Å². The predicted molar refractivity (Wildman–Crippen MR) is 83.9 cm³/mol. The quantitative estimate of drug-likeness (QED) is 0.711. The Kier molecular flexibility index (Phi) is 7.22. The lowest BCUT2D eigenvalue weighted by atomic mass is 10.0. The van der Waals surface area contributed by atoms with Crippen LogP contribution in [0.1, 0.15) is 20.8 Å². The highest BCUT2D eigenvalue weighted by Crippen LogP contribution is 2.16. The fraction of sp³-hybridized carbons (Fsp3) is 0.500. The first kappa shape index (κ1) is 17.8. The summed E-state index contributed by atoms with van der Waals surface area (Å²) >= 11 is 0. The third kappa shape index (κ3) is 6.03. The van der Waals surface area contributed by atoms with Gasteiger partial charge in [0.25, 0.3) is 0 Å². The molecule has 1 aromatic carbocycles. The highest BCUT2D eigenvalue weighted by molar-refractivity contribution is 5.86. The van der Waals surface area contributed by atoms with Crippen LogP contribution < -0.4 is 20.1 Å². The molecule has 2 N–H and O–H groups in total. The number of carbonyl (C=O) groups excluding carboxylic acids is 2. The van der Waals surface area contributed by atoms with E-state index >= 15 is 0 Å². The molecule has 2 amide bonds. The maximum atomic E-state index is 12.0. The summed E-state index contributed by atoms with van der Waals surface area (Å²) in [4.78, 5) is 23.1. The van der Waals surface area contributed by atoms with Crippen LogP contribution in [0.15, 0.2) is 24.3 Å². The summed E-state index contributed by atoms with van der Waals surface area (Å²) in [6.45, 7) is 5.88. The molecule has 0 saturated heterocycles. The number of rotatable bonds is 8. The monoisotopic (exact) mass is 308 g/mol. The van der Waals surface area contributed by atoms with Gasteiger partial charge < -0.3 is 20.1 Å². The second-order valence-electron chi connectivity index (χ2n) is 5.24. The Labute approximate surface area is 131 Å². The van der Waals surface area contributed by atoms with Gasteiger partial charge in [-0.15, -0.1) is 0 Å². The largest absolute Gasteiger partial charge is 0.497 e. The van der Waals surface area contributed by atoms with E-state index in [1.54, 1.807) is 31.4 Å². The first-order valence-corrected chi connectivity index (χ1v) is 7.25. The third-order valence-corrected chi connectivity index (χ3v) is 3.04. The lowest BCUT2D eigenvalue weighted by molar-refractivity contribution is -0.129. The molecule has 0 unspecified atom stereocenters. The number of nitrogens with one attached hydrogen (secondary N) is 2. The molecule has 0 bridgehead atoms. The van der Waals surface area contributed by atoms with Crippen LogP contribution in [0.5, 0.6) is 11.5 Å². The zero-order valence-corrected chi connectivity index (χ0v) is 13.5. The molecule has 122 valence electrons. The molecule has 0 heterocycles. The van der Waals surface area contributed by atoms with E-state index in [9.17, 15) is 9.59 Å². The molecule has 0 spiro atoms. The summed E-state index contributed by atoms with van der Waals surface area (Å²) in [6, 6.07) is 6.68. The van der Waals surface area contributed by atoms with Crippen LogP contribution in [-0.4, -0.2) is 38.1 Å². The fourth-order valence-corrected chi connectivity index (χ4v) is 1.88. The molecule has 0 saturated carbocycles. The van der Waals surface area contributed by atoms with E-state index in [1.165, 1.54) is 6.92 Å². The molecule has 0 aliphatic rings. The molecule has 0 aliphatic carbocycles. The van der Waals surface area contributed by atoms with E-state index in [0.717, 1.165) is 5.75 Å². The summed E-state index contributed by atoms with van der Waals surface area (Å²) < 4.78 is 10.6. The van der Waals surface area contributed by atoms with Crippen molar-refractivity contribution in [3.05, 3.63) is 24.3 Å². The first-order chi connectivity index (χ1) is 10.4. The second kappa shape index (κ2) is 8.92. The Morgan fingerprint density at radius 3 is 2.23 bits per heavy atom. The number of carbonyl (C=O) groups is 2. The van der Waals surface area contributed by atoms with E-state index in [4.69, 9.17) is 9.47 Å². The van der Waals surface area contributed by atoms with Gasteiger partial charge in [0.1, 0.15) is 24.1 Å². The van der Waals surface area contributed by atoms with Crippen molar-refractivity contribution in [1.29, 1.82) is 0 Å². The lowest BCUT2D eigenvalue weighted by Gasteiger charge is -2.20. The maximum Gasteiger partial charge on any atom is 0.242 e. The van der Waals surface area contributed by atoms with Gasteiger partial charge in [-0.3, -0.25) is 9.59 Å². The normalized spacial score (nSPS) is 11.7. The van der Waals surface area contributed by atoms with Crippen molar-refractivity contribution in [2.75, 3.05) is 20.3 Å². The summed E-state index contributed by atoms with van der Waals surface area (Å²) in [5.41, 5.74) is 0. The van der Waals surface area contributed by atoms with Crippen LogP contribution in [0.3, 0.4) is 0 Å². The zero-order valence-electron chi connectivity index (χ0n) is 13.5. The van der Waals surface area contributed by atoms with Crippen LogP contribution in [0.25, 0.3) is 0 Å². The molecule has 6 heteroatoms. The Bertz CT molecular complexity index is 485. The van der Waals surface area contributed by atoms with Crippen molar-refractivity contribution in [3.8, 4) is 11.5 Å². The van der Waals surface area contributed by atoms with Crippen molar-refractivity contribution in [2.45, 2.75) is 26.8 Å². The number of amides is 2. The Morgan fingerprint density at radius 2 is 1.73 bits per heavy atom. The Morgan fingerprint density at radius 1 is 1.14 bits per heavy atom. The fourth-order valence-electron chi connectivity index (χ4n) is 1.88. The van der Waals surface area contributed by atoms with Gasteiger partial charge >= 0.3 is 0 Å². The van der Waals surface area contributed by atoms with Gasteiger partial charge in [-0.05, 0) is 30.2 Å². The Balaban J connectivity index is 2.35. The van der Waals surface area contributed by atoms with Crippen molar-refractivity contribution >= 4 is 11.8 Å². The standard InChI is InChI=1S/C16H24N2O4/c1-11(2)15(18-12(3)19)16(20)17-9-10-22-14-7-5-13(21-4)6-8-14/h5-8,11,15H,9-10H2,1-4H3,(H,17,20)(H,18,19)/t15-/m0/s1. The van der Waals surface area contributed by atoms with Crippen molar-refractivity contribution < 1.29 is 19.1 Å². The highest BCUT2D eigenvalue weighted by atomic mass is 16.5. The topological polar surface area (TPSA) is 76.7 Å². The molecule has 0 aromatic heterocycles.